The third-order valence-electron chi connectivity index (χ3n) is 3.59. The molecule has 0 radical (unpaired) electrons. The Hall–Kier alpha value is -1.40. The van der Waals surface area contributed by atoms with Crippen molar-refractivity contribution >= 4 is 33.3 Å². The van der Waals surface area contributed by atoms with Crippen molar-refractivity contribution in [1.82, 2.24) is 9.97 Å². The second kappa shape index (κ2) is 5.54. The summed E-state index contributed by atoms with van der Waals surface area (Å²) in [6.07, 6.45) is 2.54. The normalized spacial score (nSPS) is 19.7. The molecule has 0 aromatic carbocycles. The number of hydrogen-bond acceptors (Lipinski definition) is 6. The van der Waals surface area contributed by atoms with Crippen LogP contribution in [0.1, 0.15) is 24.6 Å². The Balaban J connectivity index is 1.96. The largest absolute Gasteiger partial charge is 0.377 e. The first-order valence-corrected chi connectivity index (χ1v) is 7.89. The van der Waals surface area contributed by atoms with Gasteiger partial charge in [0.1, 0.15) is 10.6 Å². The lowest BCUT2D eigenvalue weighted by atomic mass is 10.1. The van der Waals surface area contributed by atoms with E-state index in [4.69, 9.17) is 10.5 Å². The molecule has 0 aliphatic carbocycles. The number of piperidine rings is 1. The number of hydrogen-bond donors (Lipinski definition) is 1. The average Bonchev–Trinajstić information content (AvgIpc) is 2.78. The highest BCUT2D eigenvalue weighted by Gasteiger charge is 2.23. The van der Waals surface area contributed by atoms with Gasteiger partial charge < -0.3 is 15.4 Å². The first-order chi connectivity index (χ1) is 9.67. The molecule has 5 nitrogen and oxygen atoms in total. The maximum atomic E-state index is 5.86. The van der Waals surface area contributed by atoms with E-state index in [0.717, 1.165) is 48.6 Å². The van der Waals surface area contributed by atoms with Gasteiger partial charge in [0.15, 0.2) is 0 Å². The average molecular weight is 292 g/mol. The van der Waals surface area contributed by atoms with E-state index in [1.165, 1.54) is 4.88 Å². The molecule has 6 heteroatoms. The molecule has 0 spiro atoms. The Morgan fingerprint density at radius 2 is 2.35 bits per heavy atom. The second-order valence-corrected chi connectivity index (χ2v) is 6.38. The number of fused-ring (bicyclic) bond motifs is 1. The van der Waals surface area contributed by atoms with Crippen molar-refractivity contribution in [2.45, 2.75) is 32.8 Å². The van der Waals surface area contributed by atoms with E-state index in [9.17, 15) is 0 Å². The van der Waals surface area contributed by atoms with Gasteiger partial charge in [0, 0.05) is 24.6 Å². The molecular formula is C14H20N4OS. The number of aryl methyl sites for hydroxylation is 1. The summed E-state index contributed by atoms with van der Waals surface area (Å²) in [5, 5.41) is 1.11. The van der Waals surface area contributed by atoms with E-state index in [2.05, 4.69) is 27.9 Å². The lowest BCUT2D eigenvalue weighted by Gasteiger charge is -2.33. The fraction of sp³-hybridized carbons (Fsp3) is 0.571. The van der Waals surface area contributed by atoms with Gasteiger partial charge in [0.25, 0.3) is 0 Å². The van der Waals surface area contributed by atoms with Crippen molar-refractivity contribution < 1.29 is 4.74 Å². The summed E-state index contributed by atoms with van der Waals surface area (Å²) >= 11 is 1.67. The first kappa shape index (κ1) is 13.6. The van der Waals surface area contributed by atoms with Gasteiger partial charge in [0.05, 0.1) is 11.5 Å². The predicted octanol–water partition coefficient (Wildman–Crippen LogP) is 2.59. The Labute approximate surface area is 122 Å². The van der Waals surface area contributed by atoms with Crippen LogP contribution in [0.3, 0.4) is 0 Å². The number of nitrogens with zero attached hydrogens (tertiary/aromatic N) is 3. The summed E-state index contributed by atoms with van der Waals surface area (Å²) in [4.78, 5) is 13.3. The molecule has 0 amide bonds. The molecule has 1 aliphatic heterocycles. The molecule has 1 atom stereocenters. The topological polar surface area (TPSA) is 64.3 Å². The minimum atomic E-state index is 0.291. The number of anilines is 2. The highest BCUT2D eigenvalue weighted by atomic mass is 32.1. The third-order valence-corrected chi connectivity index (χ3v) is 4.54. The summed E-state index contributed by atoms with van der Waals surface area (Å²) in [5.74, 6) is 1.31. The lowest BCUT2D eigenvalue weighted by Crippen LogP contribution is -2.40. The monoisotopic (exact) mass is 292 g/mol. The van der Waals surface area contributed by atoms with E-state index in [1.807, 2.05) is 6.92 Å². The molecule has 108 valence electrons. The van der Waals surface area contributed by atoms with Crippen molar-refractivity contribution in [3.8, 4) is 0 Å². The van der Waals surface area contributed by atoms with Gasteiger partial charge in [-0.3, -0.25) is 0 Å². The van der Waals surface area contributed by atoms with Crippen molar-refractivity contribution in [2.75, 3.05) is 30.3 Å². The van der Waals surface area contributed by atoms with Gasteiger partial charge in [-0.25, -0.2) is 4.98 Å². The number of nitrogens with two attached hydrogens (primary N) is 1. The third kappa shape index (κ3) is 2.58. The molecule has 1 unspecified atom stereocenters. The number of aromatic nitrogens is 2. The number of ether oxygens (including phenoxy) is 1. The van der Waals surface area contributed by atoms with Gasteiger partial charge >= 0.3 is 0 Å². The molecule has 20 heavy (non-hydrogen) atoms. The van der Waals surface area contributed by atoms with Crippen LogP contribution in [0.25, 0.3) is 10.2 Å². The highest BCUT2D eigenvalue weighted by molar-refractivity contribution is 7.18. The molecule has 3 rings (SSSR count). The summed E-state index contributed by atoms with van der Waals surface area (Å²) in [6.45, 7) is 6.78. The van der Waals surface area contributed by atoms with Crippen LogP contribution in [-0.2, 0) is 4.74 Å². The van der Waals surface area contributed by atoms with Crippen LogP contribution in [0, 0.1) is 6.92 Å². The molecule has 0 saturated carbocycles. The maximum Gasteiger partial charge on any atom is 0.223 e. The Kier molecular flexibility index (Phi) is 3.76. The second-order valence-electron chi connectivity index (χ2n) is 5.15. The highest BCUT2D eigenvalue weighted by Crippen LogP contribution is 2.32. The molecule has 2 aromatic heterocycles. The molecule has 2 aromatic rings. The fourth-order valence-corrected chi connectivity index (χ4v) is 3.67. The molecule has 0 bridgehead atoms. The van der Waals surface area contributed by atoms with E-state index >= 15 is 0 Å². The lowest BCUT2D eigenvalue weighted by molar-refractivity contribution is 0.0526. The molecule has 1 fully saturated rings. The van der Waals surface area contributed by atoms with Crippen molar-refractivity contribution in [3.63, 3.8) is 0 Å². The quantitative estimate of drug-likeness (QED) is 0.942. The summed E-state index contributed by atoms with van der Waals surface area (Å²) in [5.41, 5.74) is 5.86. The fourth-order valence-electron chi connectivity index (χ4n) is 2.79. The minimum absolute atomic E-state index is 0.291. The zero-order valence-corrected chi connectivity index (χ0v) is 12.7. The zero-order chi connectivity index (χ0) is 14.1. The van der Waals surface area contributed by atoms with Crippen molar-refractivity contribution in [2.24, 2.45) is 0 Å². The van der Waals surface area contributed by atoms with E-state index < -0.39 is 0 Å². The van der Waals surface area contributed by atoms with Crippen LogP contribution in [-0.4, -0.2) is 35.8 Å². The minimum Gasteiger partial charge on any atom is -0.377 e. The van der Waals surface area contributed by atoms with Gasteiger partial charge in [0.2, 0.25) is 5.95 Å². The number of rotatable bonds is 3. The van der Waals surface area contributed by atoms with Crippen LogP contribution >= 0.6 is 11.3 Å². The SMILES string of the molecule is CCOC1CCCN(c2nc(N)nc3sc(C)cc23)C1. The molecule has 1 aliphatic rings. The Morgan fingerprint density at radius 3 is 3.15 bits per heavy atom. The number of thiophene rings is 1. The number of nitrogen functional groups attached to an aromatic ring is 1. The predicted molar refractivity (Wildman–Crippen MR) is 83.4 cm³/mol. The van der Waals surface area contributed by atoms with Gasteiger partial charge in [-0.05, 0) is 32.8 Å². The summed E-state index contributed by atoms with van der Waals surface area (Å²) in [7, 11) is 0. The van der Waals surface area contributed by atoms with Gasteiger partial charge in [-0.15, -0.1) is 11.3 Å². The summed E-state index contributed by atoms with van der Waals surface area (Å²) < 4.78 is 5.77. The molecular weight excluding hydrogens is 272 g/mol. The van der Waals surface area contributed by atoms with Gasteiger partial charge in [-0.2, -0.15) is 4.98 Å². The van der Waals surface area contributed by atoms with Crippen molar-refractivity contribution in [1.29, 1.82) is 0 Å². The Bertz CT molecular complexity index is 610. The standard InChI is InChI=1S/C14H20N4OS/c1-3-19-10-5-4-6-18(8-10)12-11-7-9(2)20-13(11)17-14(15)16-12/h7,10H,3-6,8H2,1-2H3,(H2,15,16,17). The Morgan fingerprint density at radius 1 is 1.50 bits per heavy atom. The van der Waals surface area contributed by atoms with E-state index in [0.29, 0.717) is 12.1 Å². The van der Waals surface area contributed by atoms with Crippen LogP contribution in [0.15, 0.2) is 6.07 Å². The van der Waals surface area contributed by atoms with Crippen LogP contribution in [0.5, 0.6) is 0 Å². The van der Waals surface area contributed by atoms with E-state index in [-0.39, 0.29) is 0 Å². The van der Waals surface area contributed by atoms with Crippen LogP contribution < -0.4 is 10.6 Å². The maximum absolute atomic E-state index is 5.86. The molecule has 1 saturated heterocycles. The zero-order valence-electron chi connectivity index (χ0n) is 11.9. The van der Waals surface area contributed by atoms with E-state index in [1.54, 1.807) is 11.3 Å². The van der Waals surface area contributed by atoms with Crippen LogP contribution in [0.4, 0.5) is 11.8 Å². The first-order valence-electron chi connectivity index (χ1n) is 7.07. The smallest absolute Gasteiger partial charge is 0.223 e. The van der Waals surface area contributed by atoms with Crippen LogP contribution in [0.2, 0.25) is 0 Å². The summed E-state index contributed by atoms with van der Waals surface area (Å²) in [6, 6.07) is 2.15. The van der Waals surface area contributed by atoms with Gasteiger partial charge in [-0.1, -0.05) is 0 Å². The van der Waals surface area contributed by atoms with Crippen molar-refractivity contribution in [3.05, 3.63) is 10.9 Å². The molecule has 3 heterocycles. The molecule has 2 N–H and O–H groups in total.